The number of nitrogens with one attached hydrogen (secondary N) is 1. The van der Waals surface area contributed by atoms with Gasteiger partial charge in [0.25, 0.3) is 0 Å². The summed E-state index contributed by atoms with van der Waals surface area (Å²) >= 11 is 11.5. The van der Waals surface area contributed by atoms with E-state index in [0.29, 0.717) is 10.0 Å². The zero-order valence-corrected chi connectivity index (χ0v) is 9.08. The predicted molar refractivity (Wildman–Crippen MR) is 54.6 cm³/mol. The molecule has 0 aromatic heterocycles. The van der Waals surface area contributed by atoms with Crippen molar-refractivity contribution in [2.45, 2.75) is 6.54 Å². The van der Waals surface area contributed by atoms with Crippen LogP contribution < -0.4 is 4.90 Å². The van der Waals surface area contributed by atoms with Gasteiger partial charge in [-0.25, -0.2) is 0 Å². The molecule has 4 heteroatoms. The smallest absolute Gasteiger partial charge is 0.152 e. The number of rotatable bonds is 2. The van der Waals surface area contributed by atoms with E-state index in [9.17, 15) is 5.11 Å². The third kappa shape index (κ3) is 2.76. The summed E-state index contributed by atoms with van der Waals surface area (Å²) in [5, 5.41) is 9.91. The average molecular weight is 221 g/mol. The number of phenolic OH excluding ortho intramolecular Hbond substituents is 1. The molecule has 13 heavy (non-hydrogen) atoms. The summed E-state index contributed by atoms with van der Waals surface area (Å²) in [4.78, 5) is 1.28. The zero-order valence-electron chi connectivity index (χ0n) is 7.56. The van der Waals surface area contributed by atoms with Gasteiger partial charge in [0, 0.05) is 5.56 Å². The largest absolute Gasteiger partial charge is 0.505 e. The summed E-state index contributed by atoms with van der Waals surface area (Å²) in [5.74, 6) is -0.0409. The summed E-state index contributed by atoms with van der Waals surface area (Å²) < 4.78 is 0. The van der Waals surface area contributed by atoms with E-state index in [0.717, 1.165) is 12.1 Å². The van der Waals surface area contributed by atoms with Crippen LogP contribution in [0.3, 0.4) is 0 Å². The lowest BCUT2D eigenvalue weighted by Crippen LogP contribution is -3.04. The summed E-state index contributed by atoms with van der Waals surface area (Å²) in [5.41, 5.74) is 1.02. The predicted octanol–water partition coefficient (Wildman–Crippen LogP) is 1.34. The van der Waals surface area contributed by atoms with Gasteiger partial charge in [0.1, 0.15) is 6.54 Å². The molecule has 0 radical (unpaired) electrons. The fourth-order valence-corrected chi connectivity index (χ4v) is 1.66. The van der Waals surface area contributed by atoms with Gasteiger partial charge in [-0.15, -0.1) is 0 Å². The second kappa shape index (κ2) is 4.18. The first-order valence-electron chi connectivity index (χ1n) is 3.96. The highest BCUT2D eigenvalue weighted by Crippen LogP contribution is 2.32. The zero-order chi connectivity index (χ0) is 10.0. The molecule has 2 N–H and O–H groups in total. The molecule has 1 aromatic rings. The van der Waals surface area contributed by atoms with Gasteiger partial charge in [-0.3, -0.25) is 0 Å². The van der Waals surface area contributed by atoms with Crippen molar-refractivity contribution >= 4 is 23.2 Å². The van der Waals surface area contributed by atoms with Crippen molar-refractivity contribution in [3.8, 4) is 5.75 Å². The van der Waals surface area contributed by atoms with E-state index in [2.05, 4.69) is 0 Å². The van der Waals surface area contributed by atoms with Crippen LogP contribution in [0.25, 0.3) is 0 Å². The van der Waals surface area contributed by atoms with Gasteiger partial charge in [-0.2, -0.15) is 0 Å². The molecule has 0 fully saturated rings. The lowest BCUT2D eigenvalue weighted by atomic mass is 10.2. The molecule has 0 spiro atoms. The van der Waals surface area contributed by atoms with Crippen LogP contribution in [0.2, 0.25) is 10.0 Å². The molecule has 1 rings (SSSR count). The maximum absolute atomic E-state index is 9.29. The molecule has 0 bridgehead atoms. The Morgan fingerprint density at radius 3 is 2.08 bits per heavy atom. The standard InChI is InChI=1S/C9H11Cl2NO/c1-12(2)5-6-3-7(10)9(13)8(11)4-6/h3-4,13H,5H2,1-2H3/p+1. The molecule has 2 nitrogen and oxygen atoms in total. The van der Waals surface area contributed by atoms with Crippen molar-refractivity contribution in [1.82, 2.24) is 0 Å². The third-order valence-corrected chi connectivity index (χ3v) is 2.21. The van der Waals surface area contributed by atoms with E-state index in [1.807, 2.05) is 14.1 Å². The molecule has 0 saturated carbocycles. The molecule has 0 amide bonds. The van der Waals surface area contributed by atoms with Crippen molar-refractivity contribution in [2.75, 3.05) is 14.1 Å². The van der Waals surface area contributed by atoms with Crippen LogP contribution in [0.15, 0.2) is 12.1 Å². The Morgan fingerprint density at radius 2 is 1.69 bits per heavy atom. The molecule has 0 aliphatic carbocycles. The lowest BCUT2D eigenvalue weighted by Gasteiger charge is -2.08. The van der Waals surface area contributed by atoms with E-state index >= 15 is 0 Å². The van der Waals surface area contributed by atoms with E-state index in [1.165, 1.54) is 4.90 Å². The van der Waals surface area contributed by atoms with Crippen molar-refractivity contribution in [2.24, 2.45) is 0 Å². The van der Waals surface area contributed by atoms with E-state index < -0.39 is 0 Å². The van der Waals surface area contributed by atoms with Crippen LogP contribution in [0, 0.1) is 0 Å². The number of hydrogen-bond acceptors (Lipinski definition) is 1. The van der Waals surface area contributed by atoms with Crippen LogP contribution in [-0.2, 0) is 6.54 Å². The van der Waals surface area contributed by atoms with Crippen molar-refractivity contribution in [3.63, 3.8) is 0 Å². The Kier molecular flexibility index (Phi) is 3.42. The second-order valence-electron chi connectivity index (χ2n) is 3.29. The summed E-state index contributed by atoms with van der Waals surface area (Å²) in [7, 11) is 4.07. The van der Waals surface area contributed by atoms with Gasteiger partial charge >= 0.3 is 0 Å². The van der Waals surface area contributed by atoms with Gasteiger partial charge in [-0.1, -0.05) is 23.2 Å². The average Bonchev–Trinajstić information content (AvgIpc) is 1.98. The molecule has 1 aromatic carbocycles. The lowest BCUT2D eigenvalue weighted by molar-refractivity contribution is -0.872. The number of halogens is 2. The second-order valence-corrected chi connectivity index (χ2v) is 4.11. The maximum Gasteiger partial charge on any atom is 0.152 e. The molecule has 72 valence electrons. The molecule has 0 unspecified atom stereocenters. The first kappa shape index (κ1) is 10.6. The molecule has 0 heterocycles. The van der Waals surface area contributed by atoms with Gasteiger partial charge in [0.2, 0.25) is 0 Å². The number of phenols is 1. The summed E-state index contributed by atoms with van der Waals surface area (Å²) in [6, 6.07) is 3.46. The Hall–Kier alpha value is -0.440. The minimum absolute atomic E-state index is 0.0409. The van der Waals surface area contributed by atoms with Crippen LogP contribution in [0.5, 0.6) is 5.75 Å². The molecule has 0 aliphatic heterocycles. The van der Waals surface area contributed by atoms with Gasteiger partial charge in [0.05, 0.1) is 24.1 Å². The highest BCUT2D eigenvalue weighted by molar-refractivity contribution is 6.37. The van der Waals surface area contributed by atoms with Gasteiger partial charge < -0.3 is 10.0 Å². The summed E-state index contributed by atoms with van der Waals surface area (Å²) in [6.45, 7) is 0.833. The minimum Gasteiger partial charge on any atom is -0.505 e. The maximum atomic E-state index is 9.29. The quantitative estimate of drug-likeness (QED) is 0.773. The fraction of sp³-hybridized carbons (Fsp3) is 0.333. The molecule has 0 saturated heterocycles. The van der Waals surface area contributed by atoms with E-state index in [4.69, 9.17) is 23.2 Å². The molecule has 0 aliphatic rings. The van der Waals surface area contributed by atoms with Crippen LogP contribution in [-0.4, -0.2) is 19.2 Å². The fourth-order valence-electron chi connectivity index (χ4n) is 1.13. The van der Waals surface area contributed by atoms with Crippen molar-refractivity contribution in [1.29, 1.82) is 0 Å². The van der Waals surface area contributed by atoms with Crippen LogP contribution in [0.1, 0.15) is 5.56 Å². The van der Waals surface area contributed by atoms with Crippen LogP contribution in [0.4, 0.5) is 0 Å². The van der Waals surface area contributed by atoms with Crippen molar-refractivity contribution < 1.29 is 10.0 Å². The number of quaternary nitrogens is 1. The third-order valence-electron chi connectivity index (χ3n) is 1.63. The Bertz CT molecular complexity index is 289. The SMILES string of the molecule is C[NH+](C)Cc1cc(Cl)c(O)c(Cl)c1. The molecule has 0 atom stereocenters. The Labute approximate surface area is 87.7 Å². The number of aromatic hydroxyl groups is 1. The van der Waals surface area contributed by atoms with Crippen molar-refractivity contribution in [3.05, 3.63) is 27.7 Å². The topological polar surface area (TPSA) is 24.7 Å². The number of hydrogen-bond donors (Lipinski definition) is 2. The van der Waals surface area contributed by atoms with E-state index in [-0.39, 0.29) is 5.75 Å². The Morgan fingerprint density at radius 1 is 1.23 bits per heavy atom. The molecular formula is C9H12Cl2NO+. The van der Waals surface area contributed by atoms with Gasteiger partial charge in [-0.05, 0) is 12.1 Å². The van der Waals surface area contributed by atoms with E-state index in [1.54, 1.807) is 12.1 Å². The molecular weight excluding hydrogens is 209 g/mol. The Balaban J connectivity index is 2.99. The summed E-state index contributed by atoms with van der Waals surface area (Å²) in [6.07, 6.45) is 0. The highest BCUT2D eigenvalue weighted by Gasteiger charge is 2.07. The van der Waals surface area contributed by atoms with Crippen LogP contribution >= 0.6 is 23.2 Å². The monoisotopic (exact) mass is 220 g/mol. The van der Waals surface area contributed by atoms with Gasteiger partial charge in [0.15, 0.2) is 5.75 Å². The highest BCUT2D eigenvalue weighted by atomic mass is 35.5. The first-order chi connectivity index (χ1) is 6.00. The minimum atomic E-state index is -0.0409. The normalized spacial score (nSPS) is 10.8. The first-order valence-corrected chi connectivity index (χ1v) is 4.72. The number of benzene rings is 1.